The summed E-state index contributed by atoms with van der Waals surface area (Å²) >= 11 is 0. The summed E-state index contributed by atoms with van der Waals surface area (Å²) in [7, 11) is -4.55. The molecular formula is C33H40N6O9P+. The number of aromatic nitrogens is 4. The van der Waals surface area contributed by atoms with Crippen LogP contribution in [-0.2, 0) is 36.1 Å². The van der Waals surface area contributed by atoms with Gasteiger partial charge in [0, 0.05) is 31.6 Å². The average Bonchev–Trinajstić information content (AvgIpc) is 3.68. The lowest BCUT2D eigenvalue weighted by Crippen LogP contribution is -2.46. The first-order chi connectivity index (χ1) is 23.6. The summed E-state index contributed by atoms with van der Waals surface area (Å²) in [5.41, 5.74) is 8.00. The van der Waals surface area contributed by atoms with Crippen LogP contribution in [0.15, 0.2) is 91.4 Å². The lowest BCUT2D eigenvalue weighted by Gasteiger charge is -2.20. The number of nitrogens with zero attached hydrogens (tertiary/aromatic N) is 4. The number of nitrogens with two attached hydrogens (primary N) is 1. The van der Waals surface area contributed by atoms with Crippen LogP contribution in [0.1, 0.15) is 58.7 Å². The Morgan fingerprint density at radius 2 is 1.69 bits per heavy atom. The van der Waals surface area contributed by atoms with Gasteiger partial charge in [0.15, 0.2) is 18.5 Å². The second-order valence-electron chi connectivity index (χ2n) is 11.5. The summed E-state index contributed by atoms with van der Waals surface area (Å²) in [6.45, 7) is -0.219. The van der Waals surface area contributed by atoms with Gasteiger partial charge in [-0.25, -0.2) is 4.57 Å². The number of hydrogen-bond donors (Lipinski definition) is 5. The van der Waals surface area contributed by atoms with Crippen LogP contribution in [0.4, 0.5) is 0 Å². The molecule has 5 atom stereocenters. The predicted molar refractivity (Wildman–Crippen MR) is 173 cm³/mol. The van der Waals surface area contributed by atoms with Crippen LogP contribution >= 0.6 is 7.82 Å². The van der Waals surface area contributed by atoms with E-state index in [-0.39, 0.29) is 30.5 Å². The van der Waals surface area contributed by atoms with Gasteiger partial charge in [-0.05, 0) is 30.0 Å². The molecule has 1 aliphatic rings. The number of primary amides is 1. The molecule has 2 aromatic heterocycles. The molecule has 0 bridgehead atoms. The monoisotopic (exact) mass is 695 g/mol. The zero-order valence-electron chi connectivity index (χ0n) is 26.6. The molecule has 5 rings (SSSR count). The number of aliphatic hydroxyl groups is 2. The zero-order chi connectivity index (χ0) is 34.8. The van der Waals surface area contributed by atoms with Gasteiger partial charge in [0.05, 0.1) is 24.9 Å². The van der Waals surface area contributed by atoms with Crippen molar-refractivity contribution in [2.75, 3.05) is 13.2 Å². The number of carbonyl (C=O) groups is 2. The van der Waals surface area contributed by atoms with Crippen molar-refractivity contribution in [3.8, 4) is 0 Å². The molecule has 0 radical (unpaired) electrons. The van der Waals surface area contributed by atoms with Crippen molar-refractivity contribution in [3.63, 3.8) is 0 Å². The van der Waals surface area contributed by atoms with Crippen LogP contribution in [0.3, 0.4) is 0 Å². The number of hydrogen-bond acceptors (Lipinski definition) is 10. The van der Waals surface area contributed by atoms with E-state index in [0.717, 1.165) is 11.1 Å². The number of amides is 2. The Bertz CT molecular complexity index is 1690. The third-order valence-electron chi connectivity index (χ3n) is 7.95. The van der Waals surface area contributed by atoms with Crippen molar-refractivity contribution in [1.82, 2.24) is 20.3 Å². The number of phosphoric acid groups is 1. The Morgan fingerprint density at radius 1 is 1.00 bits per heavy atom. The van der Waals surface area contributed by atoms with E-state index in [1.54, 1.807) is 10.9 Å². The fourth-order valence-corrected chi connectivity index (χ4v) is 6.12. The van der Waals surface area contributed by atoms with Crippen molar-refractivity contribution in [1.29, 1.82) is 0 Å². The normalized spacial score (nSPS) is 20.2. The number of pyridine rings is 1. The summed E-state index contributed by atoms with van der Waals surface area (Å²) in [5, 5.41) is 32.1. The van der Waals surface area contributed by atoms with Gasteiger partial charge >= 0.3 is 7.82 Å². The van der Waals surface area contributed by atoms with Gasteiger partial charge in [-0.2, -0.15) is 4.57 Å². The molecule has 16 heteroatoms. The molecule has 2 aromatic carbocycles. The molecule has 2 amide bonds. The standard InChI is InChI=1S/C33H39N6O9P/c34-32(43)25-14-9-17-38(20-25)33-31(42)30(41)27(48-33)22-47-49(44,45)46-19-16-26-21-39(37-36-26)18-8-7-15-28(40)35-29(23-10-3-1-4-11-23)24-12-5-2-6-13-24/h1-6,9-14,17,20-21,27,29-31,33,41-42H,7-8,15-16,18-19,22H2,(H3-,34,35,40,43,44,45)/p+1/t27-,30-,31-,33-/m1/s1. The maximum absolute atomic E-state index is 12.8. The lowest BCUT2D eigenvalue weighted by atomic mass is 9.98. The number of aliphatic hydroxyl groups excluding tert-OH is 2. The number of unbranched alkanes of at least 4 members (excludes halogenated alkanes) is 1. The average molecular weight is 696 g/mol. The molecule has 3 heterocycles. The Morgan fingerprint density at radius 3 is 2.37 bits per heavy atom. The number of nitrogens with one attached hydrogen (secondary N) is 1. The van der Waals surface area contributed by atoms with Crippen LogP contribution in [0.25, 0.3) is 0 Å². The van der Waals surface area contributed by atoms with Gasteiger partial charge in [-0.15, -0.1) is 5.10 Å². The van der Waals surface area contributed by atoms with Gasteiger partial charge in [-0.1, -0.05) is 65.9 Å². The summed E-state index contributed by atoms with van der Waals surface area (Å²) < 4.78 is 31.2. The maximum Gasteiger partial charge on any atom is 0.472 e. The minimum Gasteiger partial charge on any atom is -0.387 e. The van der Waals surface area contributed by atoms with Gasteiger partial charge in [0.2, 0.25) is 5.91 Å². The number of benzene rings is 2. The molecule has 0 aliphatic carbocycles. The van der Waals surface area contributed by atoms with E-state index < -0.39 is 44.9 Å². The predicted octanol–water partition coefficient (Wildman–Crippen LogP) is 1.74. The van der Waals surface area contributed by atoms with E-state index in [0.29, 0.717) is 31.5 Å². The molecule has 49 heavy (non-hydrogen) atoms. The van der Waals surface area contributed by atoms with E-state index in [1.165, 1.54) is 29.1 Å². The van der Waals surface area contributed by atoms with E-state index in [2.05, 4.69) is 15.6 Å². The maximum atomic E-state index is 12.8. The van der Waals surface area contributed by atoms with Crippen LogP contribution in [0, 0.1) is 0 Å². The van der Waals surface area contributed by atoms with Crippen LogP contribution in [-0.4, -0.2) is 73.4 Å². The van der Waals surface area contributed by atoms with Gasteiger partial charge in [-0.3, -0.25) is 23.3 Å². The molecule has 1 aliphatic heterocycles. The highest BCUT2D eigenvalue weighted by Gasteiger charge is 2.49. The highest BCUT2D eigenvalue weighted by Crippen LogP contribution is 2.44. The highest BCUT2D eigenvalue weighted by molar-refractivity contribution is 7.47. The van der Waals surface area contributed by atoms with Crippen LogP contribution < -0.4 is 15.6 Å². The highest BCUT2D eigenvalue weighted by atomic mass is 31.2. The molecule has 0 saturated carbocycles. The largest absolute Gasteiger partial charge is 0.472 e. The van der Waals surface area contributed by atoms with E-state index in [4.69, 9.17) is 19.5 Å². The Labute approximate surface area is 282 Å². The number of rotatable bonds is 17. The van der Waals surface area contributed by atoms with Gasteiger partial charge in [0.25, 0.3) is 12.1 Å². The second kappa shape index (κ2) is 16.9. The smallest absolute Gasteiger partial charge is 0.387 e. The molecule has 1 fully saturated rings. The van der Waals surface area contributed by atoms with Crippen LogP contribution in [0.5, 0.6) is 0 Å². The number of carbonyl (C=O) groups excluding carboxylic acids is 2. The molecule has 4 aromatic rings. The fourth-order valence-electron chi connectivity index (χ4n) is 5.39. The Balaban J connectivity index is 1.01. The lowest BCUT2D eigenvalue weighted by molar-refractivity contribution is -0.765. The van der Waals surface area contributed by atoms with Gasteiger partial charge < -0.3 is 30.9 Å². The zero-order valence-corrected chi connectivity index (χ0v) is 27.5. The summed E-state index contributed by atoms with van der Waals surface area (Å²) in [6, 6.07) is 22.4. The SMILES string of the molecule is NC(=O)c1ccc[n+]([C@@H]2O[C@H](COP(=O)(O)OCCc3cn(CCCCC(=O)NC(c4ccccc4)c4ccccc4)nn3)[C@@H](O)[C@H]2O)c1. The Kier molecular flexibility index (Phi) is 12.4. The quantitative estimate of drug-likeness (QED) is 0.0610. The Hall–Kier alpha value is -4.34. The summed E-state index contributed by atoms with van der Waals surface area (Å²) in [4.78, 5) is 34.4. The molecule has 1 unspecified atom stereocenters. The third-order valence-corrected chi connectivity index (χ3v) is 8.93. The van der Waals surface area contributed by atoms with Crippen molar-refractivity contribution in [2.45, 2.75) is 62.8 Å². The number of aryl methyl sites for hydroxylation is 1. The fraction of sp³-hybridized carbons (Fsp3) is 0.364. The first kappa shape index (κ1) is 36.0. The molecular weight excluding hydrogens is 655 g/mol. The molecule has 15 nitrogen and oxygen atoms in total. The van der Waals surface area contributed by atoms with Crippen molar-refractivity contribution in [3.05, 3.63) is 114 Å². The van der Waals surface area contributed by atoms with Crippen molar-refractivity contribution in [2.24, 2.45) is 5.73 Å². The first-order valence-corrected chi connectivity index (χ1v) is 17.3. The van der Waals surface area contributed by atoms with Gasteiger partial charge in [0.1, 0.15) is 17.8 Å². The molecule has 0 spiro atoms. The number of ether oxygens (including phenoxy) is 1. The molecule has 260 valence electrons. The summed E-state index contributed by atoms with van der Waals surface area (Å²) in [5.74, 6) is -0.736. The summed E-state index contributed by atoms with van der Waals surface area (Å²) in [6.07, 6.45) is 1.32. The van der Waals surface area contributed by atoms with E-state index >= 15 is 0 Å². The molecule has 1 saturated heterocycles. The molecule has 6 N–H and O–H groups in total. The van der Waals surface area contributed by atoms with Crippen molar-refractivity contribution >= 4 is 19.6 Å². The number of phosphoric ester groups is 1. The first-order valence-electron chi connectivity index (χ1n) is 15.8. The third kappa shape index (κ3) is 10.1. The van der Waals surface area contributed by atoms with E-state index in [9.17, 15) is 29.3 Å². The minimum absolute atomic E-state index is 0.0522. The second-order valence-corrected chi connectivity index (χ2v) is 13.0. The van der Waals surface area contributed by atoms with Crippen molar-refractivity contribution < 1.29 is 47.6 Å². The minimum atomic E-state index is -4.55. The van der Waals surface area contributed by atoms with E-state index in [1.807, 2.05) is 60.7 Å². The topological polar surface area (TPSA) is 212 Å². The van der Waals surface area contributed by atoms with Crippen LogP contribution in [0.2, 0.25) is 0 Å².